The zero-order chi connectivity index (χ0) is 21.6. The first-order valence-corrected chi connectivity index (χ1v) is 11.8. The van der Waals surface area contributed by atoms with E-state index in [1.165, 1.54) is 23.1 Å². The van der Waals surface area contributed by atoms with Gasteiger partial charge in [0.05, 0.1) is 23.4 Å². The van der Waals surface area contributed by atoms with Crippen LogP contribution in [-0.4, -0.2) is 48.1 Å². The van der Waals surface area contributed by atoms with Crippen LogP contribution in [0.2, 0.25) is 0 Å². The first-order chi connectivity index (χ1) is 15.2. The molecule has 4 aromatic heterocycles. The highest BCUT2D eigenvalue weighted by Gasteiger charge is 2.20. The Morgan fingerprint density at radius 1 is 1.19 bits per heavy atom. The van der Waals surface area contributed by atoms with Gasteiger partial charge in [0.1, 0.15) is 0 Å². The molecule has 0 unspecified atom stereocenters. The molecule has 0 bridgehead atoms. The molecule has 9 nitrogen and oxygen atoms in total. The van der Waals surface area contributed by atoms with Crippen LogP contribution < -0.4 is 0 Å². The predicted octanol–water partition coefficient (Wildman–Crippen LogP) is 4.20. The van der Waals surface area contributed by atoms with Crippen LogP contribution in [0.15, 0.2) is 49.9 Å². The Labute approximate surface area is 187 Å². The lowest BCUT2D eigenvalue weighted by Crippen LogP contribution is -2.33. The molecule has 0 spiro atoms. The summed E-state index contributed by atoms with van der Waals surface area (Å²) in [4.78, 5) is 15.6. The maximum absolute atomic E-state index is 12.9. The highest BCUT2D eigenvalue weighted by Crippen LogP contribution is 2.25. The van der Waals surface area contributed by atoms with E-state index < -0.39 is 0 Å². The van der Waals surface area contributed by atoms with Gasteiger partial charge in [-0.25, -0.2) is 0 Å². The molecule has 0 N–H and O–H groups in total. The third-order valence-corrected chi connectivity index (χ3v) is 6.28. The number of carbonyl (C=O) groups excluding carboxylic acids is 1. The maximum atomic E-state index is 12.9. The summed E-state index contributed by atoms with van der Waals surface area (Å²) >= 11 is 2.89. The first-order valence-electron chi connectivity index (χ1n) is 9.93. The van der Waals surface area contributed by atoms with Crippen molar-refractivity contribution >= 4 is 29.0 Å². The van der Waals surface area contributed by atoms with Crippen LogP contribution in [0.3, 0.4) is 0 Å². The van der Waals surface area contributed by atoms with E-state index in [9.17, 15) is 4.79 Å². The van der Waals surface area contributed by atoms with Crippen molar-refractivity contribution in [2.75, 3.05) is 12.3 Å². The normalized spacial score (nSPS) is 11.2. The fourth-order valence-corrected chi connectivity index (χ4v) is 4.58. The van der Waals surface area contributed by atoms with Gasteiger partial charge in [0, 0.05) is 13.1 Å². The minimum atomic E-state index is -0.0204. The molecule has 31 heavy (non-hydrogen) atoms. The van der Waals surface area contributed by atoms with E-state index in [0.717, 1.165) is 11.3 Å². The summed E-state index contributed by atoms with van der Waals surface area (Å²) in [5.41, 5.74) is 0. The average molecular weight is 459 g/mol. The minimum absolute atomic E-state index is 0.0204. The molecular weight excluding hydrogens is 436 g/mol. The SMILES string of the molecule is CCCN(Cc1nnc(-c2cccs2)o1)C(=O)CSc1nnc(-c2ccco2)n1CC. The summed E-state index contributed by atoms with van der Waals surface area (Å²) in [7, 11) is 0. The Morgan fingerprint density at radius 3 is 2.81 bits per heavy atom. The molecule has 0 saturated heterocycles. The molecule has 4 aromatic rings. The number of aromatic nitrogens is 5. The predicted molar refractivity (Wildman–Crippen MR) is 117 cm³/mol. The summed E-state index contributed by atoms with van der Waals surface area (Å²) in [5, 5.41) is 19.3. The van der Waals surface area contributed by atoms with Gasteiger partial charge >= 0.3 is 0 Å². The van der Waals surface area contributed by atoms with E-state index in [1.807, 2.05) is 48.1 Å². The topological polar surface area (TPSA) is 103 Å². The number of hydrogen-bond donors (Lipinski definition) is 0. The quantitative estimate of drug-likeness (QED) is 0.326. The molecule has 0 aliphatic rings. The van der Waals surface area contributed by atoms with Gasteiger partial charge in [0.25, 0.3) is 5.89 Å². The number of carbonyl (C=O) groups is 1. The summed E-state index contributed by atoms with van der Waals surface area (Å²) in [6.07, 6.45) is 2.43. The Morgan fingerprint density at radius 2 is 2.10 bits per heavy atom. The molecule has 0 aliphatic heterocycles. The van der Waals surface area contributed by atoms with E-state index >= 15 is 0 Å². The van der Waals surface area contributed by atoms with Crippen molar-refractivity contribution in [2.45, 2.75) is 38.5 Å². The molecule has 0 aromatic carbocycles. The molecule has 0 radical (unpaired) electrons. The third kappa shape index (κ3) is 4.88. The lowest BCUT2D eigenvalue weighted by Gasteiger charge is -2.20. The summed E-state index contributed by atoms with van der Waals surface area (Å²) in [6.45, 7) is 5.59. The van der Waals surface area contributed by atoms with Gasteiger partial charge in [-0.05, 0) is 36.9 Å². The Hall–Kier alpha value is -2.92. The van der Waals surface area contributed by atoms with E-state index in [-0.39, 0.29) is 18.2 Å². The summed E-state index contributed by atoms with van der Waals surface area (Å²) in [6, 6.07) is 7.51. The molecule has 0 saturated carbocycles. The van der Waals surface area contributed by atoms with E-state index in [0.29, 0.717) is 41.6 Å². The van der Waals surface area contributed by atoms with Gasteiger partial charge in [-0.2, -0.15) is 0 Å². The van der Waals surface area contributed by atoms with Gasteiger partial charge in [-0.3, -0.25) is 9.36 Å². The van der Waals surface area contributed by atoms with Crippen LogP contribution in [-0.2, 0) is 17.9 Å². The molecular formula is C20H22N6O3S2. The molecule has 11 heteroatoms. The Kier molecular flexibility index (Phi) is 6.82. The van der Waals surface area contributed by atoms with Crippen molar-refractivity contribution in [1.82, 2.24) is 29.9 Å². The highest BCUT2D eigenvalue weighted by molar-refractivity contribution is 7.99. The van der Waals surface area contributed by atoms with Gasteiger partial charge in [-0.15, -0.1) is 31.7 Å². The second kappa shape index (κ2) is 9.92. The van der Waals surface area contributed by atoms with E-state index in [2.05, 4.69) is 20.4 Å². The first kappa shape index (κ1) is 21.3. The Balaban J connectivity index is 1.41. The molecule has 4 heterocycles. The summed E-state index contributed by atoms with van der Waals surface area (Å²) < 4.78 is 13.1. The van der Waals surface area contributed by atoms with Crippen molar-refractivity contribution in [3.8, 4) is 22.4 Å². The van der Waals surface area contributed by atoms with Crippen LogP contribution in [0.5, 0.6) is 0 Å². The number of furan rings is 1. The molecule has 0 aliphatic carbocycles. The molecule has 0 atom stereocenters. The summed E-state index contributed by atoms with van der Waals surface area (Å²) in [5.74, 6) is 2.42. The second-order valence-corrected chi connectivity index (χ2v) is 8.50. The number of amides is 1. The highest BCUT2D eigenvalue weighted by atomic mass is 32.2. The second-order valence-electron chi connectivity index (χ2n) is 6.61. The third-order valence-electron chi connectivity index (χ3n) is 4.47. The van der Waals surface area contributed by atoms with Crippen LogP contribution >= 0.6 is 23.1 Å². The van der Waals surface area contributed by atoms with Crippen molar-refractivity contribution in [2.24, 2.45) is 0 Å². The van der Waals surface area contributed by atoms with E-state index in [1.54, 1.807) is 11.2 Å². The van der Waals surface area contributed by atoms with Crippen molar-refractivity contribution in [3.05, 3.63) is 41.8 Å². The van der Waals surface area contributed by atoms with Crippen LogP contribution in [0.25, 0.3) is 22.4 Å². The van der Waals surface area contributed by atoms with Gasteiger partial charge < -0.3 is 13.7 Å². The number of hydrogen-bond acceptors (Lipinski definition) is 9. The average Bonchev–Trinajstić information content (AvgIpc) is 3.57. The van der Waals surface area contributed by atoms with Gasteiger partial charge in [0.15, 0.2) is 16.7 Å². The van der Waals surface area contributed by atoms with Gasteiger partial charge in [-0.1, -0.05) is 24.8 Å². The lowest BCUT2D eigenvalue weighted by molar-refractivity contribution is -0.129. The van der Waals surface area contributed by atoms with Crippen LogP contribution in [0.4, 0.5) is 0 Å². The van der Waals surface area contributed by atoms with Gasteiger partial charge in [0.2, 0.25) is 11.8 Å². The molecule has 4 rings (SSSR count). The zero-order valence-corrected chi connectivity index (χ0v) is 18.9. The largest absolute Gasteiger partial charge is 0.461 e. The fraction of sp³-hybridized carbons (Fsp3) is 0.350. The molecule has 0 fully saturated rings. The monoisotopic (exact) mass is 458 g/mol. The molecule has 162 valence electrons. The fourth-order valence-electron chi connectivity index (χ4n) is 3.03. The lowest BCUT2D eigenvalue weighted by atomic mass is 10.4. The van der Waals surface area contributed by atoms with E-state index in [4.69, 9.17) is 8.83 Å². The standard InChI is InChI=1S/C20H22N6O3S2/c1-3-9-25(12-16-21-23-19(29-16)15-8-6-11-30-15)17(27)13-31-20-24-22-18(26(20)4-2)14-7-5-10-28-14/h5-8,10-11H,3-4,9,12-13H2,1-2H3. The molecule has 1 amide bonds. The Bertz CT molecular complexity index is 1100. The number of thiophene rings is 1. The zero-order valence-electron chi connectivity index (χ0n) is 17.2. The number of nitrogens with zero attached hydrogens (tertiary/aromatic N) is 6. The van der Waals surface area contributed by atoms with Crippen molar-refractivity contribution in [3.63, 3.8) is 0 Å². The minimum Gasteiger partial charge on any atom is -0.461 e. The van der Waals surface area contributed by atoms with Crippen LogP contribution in [0.1, 0.15) is 26.2 Å². The number of rotatable bonds is 10. The van der Waals surface area contributed by atoms with Crippen LogP contribution in [0, 0.1) is 0 Å². The maximum Gasteiger partial charge on any atom is 0.257 e. The number of thioether (sulfide) groups is 1. The van der Waals surface area contributed by atoms with Crippen molar-refractivity contribution in [1.29, 1.82) is 0 Å². The smallest absolute Gasteiger partial charge is 0.257 e. The van der Waals surface area contributed by atoms with Crippen molar-refractivity contribution < 1.29 is 13.6 Å².